The van der Waals surface area contributed by atoms with Gasteiger partial charge in [0.25, 0.3) is 0 Å². The quantitative estimate of drug-likeness (QED) is 0.507. The van der Waals surface area contributed by atoms with E-state index in [0.29, 0.717) is 11.5 Å². The molecule has 178 valence electrons. The van der Waals surface area contributed by atoms with Gasteiger partial charge in [-0.25, -0.2) is 0 Å². The summed E-state index contributed by atoms with van der Waals surface area (Å²) in [6.45, 7) is 7.07. The number of benzene rings is 2. The number of fused-ring (bicyclic) bond motifs is 1. The third-order valence-electron chi connectivity index (χ3n) is 6.93. The summed E-state index contributed by atoms with van der Waals surface area (Å²) in [5, 5.41) is 10.3. The number of hydrogen-bond donors (Lipinski definition) is 0. The summed E-state index contributed by atoms with van der Waals surface area (Å²) >= 11 is 0. The summed E-state index contributed by atoms with van der Waals surface area (Å²) in [4.78, 5) is 2.46. The highest BCUT2D eigenvalue weighted by molar-refractivity contribution is 5.49. The van der Waals surface area contributed by atoms with Gasteiger partial charge in [-0.3, -0.25) is 4.90 Å². The van der Waals surface area contributed by atoms with E-state index in [-0.39, 0.29) is 5.92 Å². The second-order valence-electron chi connectivity index (χ2n) is 8.91. The van der Waals surface area contributed by atoms with Crippen LogP contribution in [0.1, 0.15) is 43.4 Å². The molecular formula is C27H36N2O4. The van der Waals surface area contributed by atoms with Gasteiger partial charge in [-0.15, -0.1) is 0 Å². The standard InChI is InChI=1S/C27H36N2O4/c1-19(2)27(18-28,22-8-9-23(30-3)26(16-22)33-6)11-7-12-29-13-10-20-14-24(31-4)25(32-5)15-21(20)17-29/h8-9,14-16,19H,7,10-13,17H2,1-6H3/t27-/m1/s1. The molecule has 0 radical (unpaired) electrons. The van der Waals surface area contributed by atoms with Crippen LogP contribution in [-0.4, -0.2) is 46.4 Å². The van der Waals surface area contributed by atoms with Crippen LogP contribution in [0.25, 0.3) is 0 Å². The Kier molecular flexibility index (Phi) is 8.10. The number of nitriles is 1. The van der Waals surface area contributed by atoms with E-state index in [0.717, 1.165) is 56.0 Å². The van der Waals surface area contributed by atoms with Crippen molar-refractivity contribution >= 4 is 0 Å². The average Bonchev–Trinajstić information content (AvgIpc) is 2.85. The van der Waals surface area contributed by atoms with Gasteiger partial charge in [0.1, 0.15) is 0 Å². The van der Waals surface area contributed by atoms with Gasteiger partial charge < -0.3 is 18.9 Å². The van der Waals surface area contributed by atoms with Crippen molar-refractivity contribution in [3.05, 3.63) is 47.0 Å². The molecule has 2 aromatic rings. The van der Waals surface area contributed by atoms with Crippen LogP contribution in [-0.2, 0) is 18.4 Å². The van der Waals surface area contributed by atoms with Gasteiger partial charge >= 0.3 is 0 Å². The molecule has 0 saturated carbocycles. The Bertz CT molecular complexity index is 998. The first-order chi connectivity index (χ1) is 15.9. The topological polar surface area (TPSA) is 64.0 Å². The predicted octanol–water partition coefficient (Wildman–Crippen LogP) is 4.98. The molecule has 1 heterocycles. The highest BCUT2D eigenvalue weighted by Crippen LogP contribution is 2.41. The summed E-state index contributed by atoms with van der Waals surface area (Å²) in [6, 6.07) is 12.7. The second-order valence-corrected chi connectivity index (χ2v) is 8.91. The summed E-state index contributed by atoms with van der Waals surface area (Å²) in [7, 11) is 6.60. The molecule has 3 rings (SSSR count). The summed E-state index contributed by atoms with van der Waals surface area (Å²) in [5.41, 5.74) is 3.01. The van der Waals surface area contributed by atoms with Crippen molar-refractivity contribution < 1.29 is 18.9 Å². The lowest BCUT2D eigenvalue weighted by atomic mass is 9.69. The van der Waals surface area contributed by atoms with Crippen LogP contribution in [0.4, 0.5) is 0 Å². The van der Waals surface area contributed by atoms with Crippen LogP contribution >= 0.6 is 0 Å². The van der Waals surface area contributed by atoms with Gasteiger partial charge in [-0.2, -0.15) is 5.26 Å². The van der Waals surface area contributed by atoms with E-state index < -0.39 is 5.41 Å². The second kappa shape index (κ2) is 10.8. The molecule has 0 saturated heterocycles. The molecule has 0 N–H and O–H groups in total. The monoisotopic (exact) mass is 452 g/mol. The van der Waals surface area contributed by atoms with Crippen LogP contribution in [0.3, 0.4) is 0 Å². The van der Waals surface area contributed by atoms with E-state index >= 15 is 0 Å². The summed E-state index contributed by atoms with van der Waals surface area (Å²) in [5.74, 6) is 3.06. The Hall–Kier alpha value is -2.91. The smallest absolute Gasteiger partial charge is 0.161 e. The van der Waals surface area contributed by atoms with Gasteiger partial charge in [0.05, 0.1) is 39.9 Å². The van der Waals surface area contributed by atoms with Gasteiger partial charge in [-0.05, 0) is 72.7 Å². The first-order valence-electron chi connectivity index (χ1n) is 11.5. The lowest BCUT2D eigenvalue weighted by Gasteiger charge is -2.34. The first kappa shape index (κ1) is 24.7. The molecule has 0 spiro atoms. The molecule has 1 atom stereocenters. The molecule has 1 aliphatic rings. The van der Waals surface area contributed by atoms with Crippen LogP contribution in [0.15, 0.2) is 30.3 Å². The third kappa shape index (κ3) is 5.04. The number of hydrogen-bond acceptors (Lipinski definition) is 6. The number of nitrogens with zero attached hydrogens (tertiary/aromatic N) is 2. The Morgan fingerprint density at radius 1 is 0.909 bits per heavy atom. The van der Waals surface area contributed by atoms with E-state index in [1.54, 1.807) is 28.4 Å². The minimum Gasteiger partial charge on any atom is -0.493 e. The lowest BCUT2D eigenvalue weighted by molar-refractivity contribution is 0.234. The van der Waals surface area contributed by atoms with E-state index in [2.05, 4.69) is 36.9 Å². The minimum atomic E-state index is -0.580. The highest BCUT2D eigenvalue weighted by atomic mass is 16.5. The number of methoxy groups -OCH3 is 4. The number of ether oxygens (including phenoxy) is 4. The van der Waals surface area contributed by atoms with Gasteiger partial charge in [0, 0.05) is 13.1 Å². The van der Waals surface area contributed by atoms with Crippen molar-refractivity contribution in [3.8, 4) is 29.1 Å². The molecular weight excluding hydrogens is 416 g/mol. The molecule has 1 aliphatic heterocycles. The van der Waals surface area contributed by atoms with Crippen LogP contribution in [0, 0.1) is 17.2 Å². The van der Waals surface area contributed by atoms with Crippen molar-refractivity contribution in [1.29, 1.82) is 5.26 Å². The zero-order valence-corrected chi connectivity index (χ0v) is 20.7. The minimum absolute atomic E-state index is 0.166. The third-order valence-corrected chi connectivity index (χ3v) is 6.93. The van der Waals surface area contributed by atoms with Crippen molar-refractivity contribution in [1.82, 2.24) is 4.90 Å². The van der Waals surface area contributed by atoms with Gasteiger partial charge in [-0.1, -0.05) is 19.9 Å². The van der Waals surface area contributed by atoms with Gasteiger partial charge in [0.2, 0.25) is 0 Å². The van der Waals surface area contributed by atoms with E-state index in [9.17, 15) is 5.26 Å². The maximum Gasteiger partial charge on any atom is 0.161 e. The van der Waals surface area contributed by atoms with Crippen molar-refractivity contribution in [2.75, 3.05) is 41.5 Å². The van der Waals surface area contributed by atoms with E-state index in [4.69, 9.17) is 18.9 Å². The largest absolute Gasteiger partial charge is 0.493 e. The zero-order chi connectivity index (χ0) is 24.0. The molecule has 2 aromatic carbocycles. The molecule has 0 unspecified atom stereocenters. The molecule has 33 heavy (non-hydrogen) atoms. The molecule has 0 aromatic heterocycles. The Balaban J connectivity index is 1.73. The normalized spacial score (nSPS) is 15.3. The fourth-order valence-electron chi connectivity index (χ4n) is 4.84. The van der Waals surface area contributed by atoms with Crippen LogP contribution in [0.2, 0.25) is 0 Å². The van der Waals surface area contributed by atoms with Crippen LogP contribution < -0.4 is 18.9 Å². The Morgan fingerprint density at radius 3 is 2.09 bits per heavy atom. The van der Waals surface area contributed by atoms with Crippen molar-refractivity contribution in [2.45, 2.75) is 45.1 Å². The summed E-state index contributed by atoms with van der Waals surface area (Å²) < 4.78 is 21.8. The fraction of sp³-hybridized carbons (Fsp3) is 0.519. The summed E-state index contributed by atoms with van der Waals surface area (Å²) in [6.07, 6.45) is 2.70. The van der Waals surface area contributed by atoms with Crippen molar-refractivity contribution in [3.63, 3.8) is 0 Å². The molecule has 0 bridgehead atoms. The van der Waals surface area contributed by atoms with Gasteiger partial charge in [0.15, 0.2) is 23.0 Å². The Labute approximate surface area is 198 Å². The average molecular weight is 453 g/mol. The molecule has 6 nitrogen and oxygen atoms in total. The van der Waals surface area contributed by atoms with Crippen molar-refractivity contribution in [2.24, 2.45) is 5.92 Å². The number of rotatable bonds is 10. The maximum absolute atomic E-state index is 10.3. The molecule has 0 amide bonds. The first-order valence-corrected chi connectivity index (χ1v) is 11.5. The Morgan fingerprint density at radius 2 is 1.52 bits per heavy atom. The predicted molar refractivity (Wildman–Crippen MR) is 129 cm³/mol. The fourth-order valence-corrected chi connectivity index (χ4v) is 4.84. The maximum atomic E-state index is 10.3. The van der Waals surface area contributed by atoms with E-state index in [1.165, 1.54) is 11.1 Å². The lowest BCUT2D eigenvalue weighted by Crippen LogP contribution is -2.35. The SMILES string of the molecule is COc1ccc([C@@](C#N)(CCCN2CCc3cc(OC)c(OC)cc3C2)C(C)C)cc1OC. The molecule has 0 fully saturated rings. The van der Waals surface area contributed by atoms with Crippen LogP contribution in [0.5, 0.6) is 23.0 Å². The molecule has 0 aliphatic carbocycles. The highest BCUT2D eigenvalue weighted by Gasteiger charge is 2.36. The van der Waals surface area contributed by atoms with E-state index in [1.807, 2.05) is 18.2 Å². The zero-order valence-electron chi connectivity index (χ0n) is 20.7. The molecule has 6 heteroatoms.